The molecule has 2 aromatic rings. The number of aromatic nitrogens is 3. The number of hydrogen-bond acceptors (Lipinski definition) is 9. The fourth-order valence-corrected chi connectivity index (χ4v) is 2.37. The fourth-order valence-electron chi connectivity index (χ4n) is 1.68. The molecule has 0 saturated heterocycles. The van der Waals surface area contributed by atoms with Crippen molar-refractivity contribution in [2.75, 3.05) is 20.5 Å². The van der Waals surface area contributed by atoms with Crippen LogP contribution < -0.4 is 18.9 Å². The Kier molecular flexibility index (Phi) is 5.59. The average Bonchev–Trinajstić information content (AvgIpc) is 2.52. The molecule has 12 heteroatoms. The van der Waals surface area contributed by atoms with E-state index in [1.165, 1.54) is 32.4 Å². The summed E-state index contributed by atoms with van der Waals surface area (Å²) in [6, 6.07) is 3.91. The summed E-state index contributed by atoms with van der Waals surface area (Å²) in [6.07, 6.45) is 0.837. The van der Waals surface area contributed by atoms with E-state index in [0.29, 0.717) is 0 Å². The van der Waals surface area contributed by atoms with Crippen LogP contribution >= 0.6 is 11.6 Å². The SMILES string of the molecule is COc1nc(OC)nc(Oc2cccc(Cl)c2C(=O)NS(C)(=O)=O)n1. The summed E-state index contributed by atoms with van der Waals surface area (Å²) in [7, 11) is -1.12. The average molecular weight is 389 g/mol. The number of carbonyl (C=O) groups is 1. The zero-order valence-electron chi connectivity index (χ0n) is 13.3. The van der Waals surface area contributed by atoms with Gasteiger partial charge >= 0.3 is 18.0 Å². The normalized spacial score (nSPS) is 10.9. The highest BCUT2D eigenvalue weighted by atomic mass is 35.5. The number of sulfonamides is 1. The highest BCUT2D eigenvalue weighted by Crippen LogP contribution is 2.30. The molecule has 2 rings (SSSR count). The van der Waals surface area contributed by atoms with Crippen molar-refractivity contribution < 1.29 is 27.4 Å². The van der Waals surface area contributed by atoms with Crippen LogP contribution in [0.15, 0.2) is 18.2 Å². The molecule has 1 amide bonds. The molecule has 0 atom stereocenters. The van der Waals surface area contributed by atoms with E-state index in [4.69, 9.17) is 25.8 Å². The van der Waals surface area contributed by atoms with Crippen LogP contribution in [0.2, 0.25) is 5.02 Å². The Hall–Kier alpha value is -2.66. The molecule has 25 heavy (non-hydrogen) atoms. The van der Waals surface area contributed by atoms with Crippen molar-refractivity contribution in [1.29, 1.82) is 0 Å². The first-order valence-electron chi connectivity index (χ1n) is 6.56. The van der Waals surface area contributed by atoms with Crippen LogP contribution in [0.3, 0.4) is 0 Å². The molecular weight excluding hydrogens is 376 g/mol. The molecule has 0 unspecified atom stereocenters. The number of ether oxygens (including phenoxy) is 3. The lowest BCUT2D eigenvalue weighted by atomic mass is 10.2. The molecule has 0 spiro atoms. The van der Waals surface area contributed by atoms with Gasteiger partial charge in [0.2, 0.25) is 10.0 Å². The van der Waals surface area contributed by atoms with Gasteiger partial charge in [-0.1, -0.05) is 17.7 Å². The molecular formula is C13H13ClN4O6S. The Balaban J connectivity index is 2.44. The maximum atomic E-state index is 12.2. The third kappa shape index (κ3) is 4.90. The number of nitrogens with one attached hydrogen (secondary N) is 1. The molecule has 134 valence electrons. The van der Waals surface area contributed by atoms with Gasteiger partial charge in [0.25, 0.3) is 5.91 Å². The van der Waals surface area contributed by atoms with E-state index in [-0.39, 0.29) is 34.4 Å². The minimum atomic E-state index is -3.79. The van der Waals surface area contributed by atoms with Crippen LogP contribution in [-0.2, 0) is 10.0 Å². The van der Waals surface area contributed by atoms with E-state index in [9.17, 15) is 13.2 Å². The van der Waals surface area contributed by atoms with Gasteiger partial charge in [-0.15, -0.1) is 15.0 Å². The molecule has 1 N–H and O–H groups in total. The summed E-state index contributed by atoms with van der Waals surface area (Å²) in [5.74, 6) is -1.03. The number of amides is 1. The molecule has 0 radical (unpaired) electrons. The van der Waals surface area contributed by atoms with Crippen LogP contribution in [0.4, 0.5) is 0 Å². The monoisotopic (exact) mass is 388 g/mol. The summed E-state index contributed by atoms with van der Waals surface area (Å²) in [5, 5.41) is -0.0216. The zero-order valence-corrected chi connectivity index (χ0v) is 14.9. The first-order valence-corrected chi connectivity index (χ1v) is 8.83. The van der Waals surface area contributed by atoms with Crippen LogP contribution in [0.5, 0.6) is 23.8 Å². The Morgan fingerprint density at radius 3 is 2.16 bits per heavy atom. The second-order valence-corrected chi connectivity index (χ2v) is 6.67. The van der Waals surface area contributed by atoms with E-state index >= 15 is 0 Å². The molecule has 0 fully saturated rings. The topological polar surface area (TPSA) is 130 Å². The maximum Gasteiger partial charge on any atom is 0.331 e. The van der Waals surface area contributed by atoms with Crippen molar-refractivity contribution in [1.82, 2.24) is 19.7 Å². The van der Waals surface area contributed by atoms with E-state index in [1.54, 1.807) is 0 Å². The van der Waals surface area contributed by atoms with Crippen molar-refractivity contribution in [3.63, 3.8) is 0 Å². The van der Waals surface area contributed by atoms with E-state index < -0.39 is 15.9 Å². The predicted molar refractivity (Wildman–Crippen MR) is 86.8 cm³/mol. The fraction of sp³-hybridized carbons (Fsp3) is 0.231. The van der Waals surface area contributed by atoms with Crippen LogP contribution in [0.25, 0.3) is 0 Å². The number of benzene rings is 1. The molecule has 1 aromatic carbocycles. The molecule has 0 aliphatic carbocycles. The minimum Gasteiger partial charge on any atom is -0.467 e. The van der Waals surface area contributed by atoms with Gasteiger partial charge in [0.15, 0.2) is 0 Å². The molecule has 0 aliphatic heterocycles. The van der Waals surface area contributed by atoms with Crippen LogP contribution in [0, 0.1) is 0 Å². The summed E-state index contributed by atoms with van der Waals surface area (Å²) in [6.45, 7) is 0. The van der Waals surface area contributed by atoms with Crippen molar-refractivity contribution in [2.24, 2.45) is 0 Å². The number of carbonyl (C=O) groups excluding carboxylic acids is 1. The highest BCUT2D eigenvalue weighted by Gasteiger charge is 2.21. The van der Waals surface area contributed by atoms with Crippen LogP contribution in [-0.4, -0.2) is 49.8 Å². The second-order valence-electron chi connectivity index (χ2n) is 4.51. The van der Waals surface area contributed by atoms with Crippen molar-refractivity contribution in [3.05, 3.63) is 28.8 Å². The smallest absolute Gasteiger partial charge is 0.331 e. The quantitative estimate of drug-likeness (QED) is 0.770. The van der Waals surface area contributed by atoms with Gasteiger partial charge in [-0.3, -0.25) is 4.79 Å². The zero-order chi connectivity index (χ0) is 18.6. The molecule has 1 heterocycles. The number of halogens is 1. The van der Waals surface area contributed by atoms with E-state index in [0.717, 1.165) is 6.26 Å². The number of hydrogen-bond donors (Lipinski definition) is 1. The lowest BCUT2D eigenvalue weighted by Gasteiger charge is -2.11. The first kappa shape index (κ1) is 18.7. The summed E-state index contributed by atoms with van der Waals surface area (Å²) in [5.41, 5.74) is -0.201. The van der Waals surface area contributed by atoms with Gasteiger partial charge < -0.3 is 14.2 Å². The van der Waals surface area contributed by atoms with Crippen molar-refractivity contribution in [3.8, 4) is 23.8 Å². The molecule has 1 aromatic heterocycles. The molecule has 10 nitrogen and oxygen atoms in total. The Morgan fingerprint density at radius 2 is 1.64 bits per heavy atom. The molecule has 0 saturated carbocycles. The van der Waals surface area contributed by atoms with Gasteiger partial charge in [0.1, 0.15) is 11.3 Å². The van der Waals surface area contributed by atoms with Gasteiger partial charge in [0.05, 0.1) is 25.5 Å². The number of methoxy groups -OCH3 is 2. The largest absolute Gasteiger partial charge is 0.467 e. The first-order chi connectivity index (χ1) is 11.7. The standard InChI is InChI=1S/C13H13ClN4O6S/c1-22-11-15-12(23-2)17-13(16-11)24-8-6-4-5-7(14)9(8)10(19)18-25(3,20)21/h4-6H,1-3H3,(H,18,19). The molecule has 0 aliphatic rings. The summed E-state index contributed by atoms with van der Waals surface area (Å²) in [4.78, 5) is 23.7. The predicted octanol–water partition coefficient (Wildman–Crippen LogP) is 1.02. The lowest BCUT2D eigenvalue weighted by molar-refractivity contribution is 0.0979. The highest BCUT2D eigenvalue weighted by molar-refractivity contribution is 7.89. The summed E-state index contributed by atoms with van der Waals surface area (Å²) >= 11 is 6.00. The Morgan fingerprint density at radius 1 is 1.08 bits per heavy atom. The van der Waals surface area contributed by atoms with Crippen molar-refractivity contribution >= 4 is 27.5 Å². The number of rotatable bonds is 6. The molecule has 0 bridgehead atoms. The van der Waals surface area contributed by atoms with Gasteiger partial charge in [-0.25, -0.2) is 13.1 Å². The Bertz CT molecular complexity index is 883. The van der Waals surface area contributed by atoms with E-state index in [1.807, 2.05) is 4.72 Å². The maximum absolute atomic E-state index is 12.2. The Labute approximate surface area is 148 Å². The van der Waals surface area contributed by atoms with Gasteiger partial charge in [-0.2, -0.15) is 0 Å². The van der Waals surface area contributed by atoms with Gasteiger partial charge in [-0.05, 0) is 12.1 Å². The van der Waals surface area contributed by atoms with E-state index in [2.05, 4.69) is 15.0 Å². The minimum absolute atomic E-state index is 0.0216. The number of nitrogens with zero attached hydrogens (tertiary/aromatic N) is 3. The third-order valence-electron chi connectivity index (χ3n) is 2.62. The lowest BCUT2D eigenvalue weighted by Crippen LogP contribution is -2.29. The van der Waals surface area contributed by atoms with Gasteiger partial charge in [0, 0.05) is 0 Å². The summed E-state index contributed by atoms with van der Waals surface area (Å²) < 4.78 is 39.6. The second kappa shape index (κ2) is 7.49. The third-order valence-corrected chi connectivity index (χ3v) is 3.49. The van der Waals surface area contributed by atoms with Crippen LogP contribution in [0.1, 0.15) is 10.4 Å². The van der Waals surface area contributed by atoms with Crippen molar-refractivity contribution in [2.45, 2.75) is 0 Å².